The normalized spacial score (nSPS) is 21.0. The molecule has 1 spiro atoms. The highest BCUT2D eigenvalue weighted by Crippen LogP contribution is 2.44. The Hall–Kier alpha value is -0.520. The molecule has 0 radical (unpaired) electrons. The topological polar surface area (TPSA) is 24.1 Å². The standard InChI is InChI=1S/C10H10FIN2/c11-6-3-9-8(4-7(6)12)13-5-10(14-9)1-2-10/h3-4,13-14H,1-2,5H2. The molecule has 0 unspecified atom stereocenters. The van der Waals surface area contributed by atoms with Crippen LogP contribution in [-0.2, 0) is 0 Å². The van der Waals surface area contributed by atoms with Crippen molar-refractivity contribution in [3.63, 3.8) is 0 Å². The van der Waals surface area contributed by atoms with Crippen LogP contribution in [0.15, 0.2) is 12.1 Å². The summed E-state index contributed by atoms with van der Waals surface area (Å²) in [5.74, 6) is -0.142. The van der Waals surface area contributed by atoms with Crippen LogP contribution in [0, 0.1) is 9.39 Å². The van der Waals surface area contributed by atoms with Crippen LogP contribution >= 0.6 is 22.6 Å². The van der Waals surface area contributed by atoms with Crippen LogP contribution < -0.4 is 10.6 Å². The number of hydrogen-bond acceptors (Lipinski definition) is 2. The van der Waals surface area contributed by atoms with Crippen molar-refractivity contribution in [1.82, 2.24) is 0 Å². The molecule has 1 aliphatic heterocycles. The molecule has 74 valence electrons. The third-order valence-electron chi connectivity index (χ3n) is 2.93. The lowest BCUT2D eigenvalue weighted by atomic mass is 10.1. The lowest BCUT2D eigenvalue weighted by Crippen LogP contribution is -2.35. The number of benzene rings is 1. The molecule has 0 bridgehead atoms. The molecule has 0 saturated heterocycles. The molecule has 0 amide bonds. The van der Waals surface area contributed by atoms with E-state index in [1.165, 1.54) is 12.8 Å². The Bertz CT molecular complexity index is 401. The summed E-state index contributed by atoms with van der Waals surface area (Å²) in [5, 5.41) is 6.76. The predicted molar refractivity (Wildman–Crippen MR) is 63.2 cm³/mol. The summed E-state index contributed by atoms with van der Waals surface area (Å²) in [6.07, 6.45) is 2.38. The lowest BCUT2D eigenvalue weighted by Gasteiger charge is -2.28. The first-order chi connectivity index (χ1) is 6.69. The number of fused-ring (bicyclic) bond motifs is 1. The Morgan fingerprint density at radius 1 is 1.29 bits per heavy atom. The monoisotopic (exact) mass is 304 g/mol. The van der Waals surface area contributed by atoms with E-state index in [2.05, 4.69) is 10.6 Å². The average molecular weight is 304 g/mol. The van der Waals surface area contributed by atoms with Crippen molar-refractivity contribution in [3.8, 4) is 0 Å². The minimum Gasteiger partial charge on any atom is -0.381 e. The van der Waals surface area contributed by atoms with Crippen molar-refractivity contribution >= 4 is 34.0 Å². The molecular formula is C10H10FIN2. The Morgan fingerprint density at radius 2 is 2.07 bits per heavy atom. The molecule has 0 aromatic heterocycles. The summed E-state index contributed by atoms with van der Waals surface area (Å²) < 4.78 is 14.0. The number of halogens is 2. The van der Waals surface area contributed by atoms with Crippen LogP contribution in [0.1, 0.15) is 12.8 Å². The molecule has 0 atom stereocenters. The summed E-state index contributed by atoms with van der Waals surface area (Å²) in [6, 6.07) is 3.44. The predicted octanol–water partition coefficient (Wildman–Crippen LogP) is 2.80. The van der Waals surface area contributed by atoms with Gasteiger partial charge in [-0.3, -0.25) is 0 Å². The van der Waals surface area contributed by atoms with Gasteiger partial charge < -0.3 is 10.6 Å². The first kappa shape index (κ1) is 8.76. The van der Waals surface area contributed by atoms with Crippen molar-refractivity contribution in [2.24, 2.45) is 0 Å². The SMILES string of the molecule is Fc1cc2c(cc1I)NCC1(CC1)N2. The highest BCUT2D eigenvalue weighted by molar-refractivity contribution is 14.1. The second kappa shape index (κ2) is 2.74. The highest BCUT2D eigenvalue weighted by atomic mass is 127. The molecule has 1 aliphatic carbocycles. The summed E-state index contributed by atoms with van der Waals surface area (Å²) in [7, 11) is 0. The van der Waals surface area contributed by atoms with Gasteiger partial charge >= 0.3 is 0 Å². The Balaban J connectivity index is 2.04. The fourth-order valence-electron chi connectivity index (χ4n) is 1.84. The van der Waals surface area contributed by atoms with E-state index >= 15 is 0 Å². The quantitative estimate of drug-likeness (QED) is 0.720. The van der Waals surface area contributed by atoms with Gasteiger partial charge in [-0.2, -0.15) is 0 Å². The minimum atomic E-state index is -0.142. The van der Waals surface area contributed by atoms with Crippen LogP contribution in [0.5, 0.6) is 0 Å². The first-order valence-corrected chi connectivity index (χ1v) is 5.78. The zero-order chi connectivity index (χ0) is 9.76. The minimum absolute atomic E-state index is 0.142. The van der Waals surface area contributed by atoms with Crippen LogP contribution in [0.2, 0.25) is 0 Å². The maximum atomic E-state index is 13.3. The molecular weight excluding hydrogens is 294 g/mol. The molecule has 2 aliphatic rings. The summed E-state index contributed by atoms with van der Waals surface area (Å²) in [6.45, 7) is 0.960. The van der Waals surface area contributed by atoms with E-state index in [-0.39, 0.29) is 11.4 Å². The van der Waals surface area contributed by atoms with E-state index in [1.807, 2.05) is 28.7 Å². The smallest absolute Gasteiger partial charge is 0.138 e. The first-order valence-electron chi connectivity index (χ1n) is 4.70. The maximum Gasteiger partial charge on any atom is 0.138 e. The van der Waals surface area contributed by atoms with E-state index in [9.17, 15) is 4.39 Å². The van der Waals surface area contributed by atoms with E-state index in [0.29, 0.717) is 3.57 Å². The molecule has 1 aromatic carbocycles. The molecule has 1 aromatic rings. The number of rotatable bonds is 0. The van der Waals surface area contributed by atoms with E-state index in [0.717, 1.165) is 17.9 Å². The van der Waals surface area contributed by atoms with E-state index in [4.69, 9.17) is 0 Å². The van der Waals surface area contributed by atoms with Gasteiger partial charge in [-0.05, 0) is 41.5 Å². The zero-order valence-corrected chi connectivity index (χ0v) is 9.69. The Morgan fingerprint density at radius 3 is 2.79 bits per heavy atom. The third kappa shape index (κ3) is 1.27. The zero-order valence-electron chi connectivity index (χ0n) is 7.53. The van der Waals surface area contributed by atoms with Gasteiger partial charge in [0.15, 0.2) is 0 Å². The molecule has 14 heavy (non-hydrogen) atoms. The van der Waals surface area contributed by atoms with Gasteiger partial charge in [-0.1, -0.05) is 0 Å². The van der Waals surface area contributed by atoms with Crippen LogP contribution in [0.4, 0.5) is 15.8 Å². The fourth-order valence-corrected chi connectivity index (χ4v) is 2.31. The molecule has 4 heteroatoms. The van der Waals surface area contributed by atoms with Crippen molar-refractivity contribution in [1.29, 1.82) is 0 Å². The van der Waals surface area contributed by atoms with E-state index < -0.39 is 0 Å². The lowest BCUT2D eigenvalue weighted by molar-refractivity contribution is 0.619. The molecule has 1 saturated carbocycles. The number of nitrogens with one attached hydrogen (secondary N) is 2. The second-order valence-electron chi connectivity index (χ2n) is 4.07. The summed E-state index contributed by atoms with van der Waals surface area (Å²) in [4.78, 5) is 0. The summed E-state index contributed by atoms with van der Waals surface area (Å²) in [5.41, 5.74) is 2.16. The van der Waals surface area contributed by atoms with E-state index in [1.54, 1.807) is 6.07 Å². The van der Waals surface area contributed by atoms with Crippen molar-refractivity contribution < 1.29 is 4.39 Å². The number of hydrogen-bond donors (Lipinski definition) is 2. The van der Waals surface area contributed by atoms with Crippen LogP contribution in [-0.4, -0.2) is 12.1 Å². The van der Waals surface area contributed by atoms with Gasteiger partial charge in [-0.25, -0.2) is 4.39 Å². The Labute approximate surface area is 95.4 Å². The number of anilines is 2. The molecule has 2 N–H and O–H groups in total. The fraction of sp³-hybridized carbons (Fsp3) is 0.400. The third-order valence-corrected chi connectivity index (χ3v) is 3.76. The van der Waals surface area contributed by atoms with Gasteiger partial charge in [0.1, 0.15) is 5.82 Å². The largest absolute Gasteiger partial charge is 0.381 e. The Kier molecular flexibility index (Phi) is 1.72. The molecule has 3 rings (SSSR count). The van der Waals surface area contributed by atoms with Crippen molar-refractivity contribution in [3.05, 3.63) is 21.5 Å². The second-order valence-corrected chi connectivity index (χ2v) is 5.23. The molecule has 1 fully saturated rings. The van der Waals surface area contributed by atoms with Gasteiger partial charge in [-0.15, -0.1) is 0 Å². The molecule has 1 heterocycles. The van der Waals surface area contributed by atoms with Gasteiger partial charge in [0, 0.05) is 12.6 Å². The van der Waals surface area contributed by atoms with Crippen molar-refractivity contribution in [2.75, 3.05) is 17.2 Å². The van der Waals surface area contributed by atoms with Crippen molar-refractivity contribution in [2.45, 2.75) is 18.4 Å². The summed E-state index contributed by atoms with van der Waals surface area (Å²) >= 11 is 2.01. The average Bonchev–Trinajstić information content (AvgIpc) is 2.89. The van der Waals surface area contributed by atoms with Gasteiger partial charge in [0.25, 0.3) is 0 Å². The van der Waals surface area contributed by atoms with Crippen LogP contribution in [0.3, 0.4) is 0 Å². The van der Waals surface area contributed by atoms with Crippen LogP contribution in [0.25, 0.3) is 0 Å². The molecule has 2 nitrogen and oxygen atoms in total. The van der Waals surface area contributed by atoms with Gasteiger partial charge in [0.05, 0.1) is 20.5 Å². The van der Waals surface area contributed by atoms with Gasteiger partial charge in [0.2, 0.25) is 0 Å². The highest BCUT2D eigenvalue weighted by Gasteiger charge is 2.44. The maximum absolute atomic E-state index is 13.3.